The quantitative estimate of drug-likeness (QED) is 0.174. The third-order valence-corrected chi connectivity index (χ3v) is 15.4. The Balaban J connectivity index is 1.24. The molecule has 0 spiro atoms. The van der Waals surface area contributed by atoms with E-state index in [0.717, 1.165) is 49.4 Å². The third kappa shape index (κ3) is 4.15. The van der Waals surface area contributed by atoms with E-state index < -0.39 is 8.07 Å². The topological polar surface area (TPSA) is 51.8 Å². The van der Waals surface area contributed by atoms with E-state index >= 15 is 0 Å². The van der Waals surface area contributed by atoms with Crippen LogP contribution in [0.5, 0.6) is 0 Å². The first-order valence-electron chi connectivity index (χ1n) is 17.3. The summed E-state index contributed by atoms with van der Waals surface area (Å²) in [6, 6.07) is 49.6. The van der Waals surface area contributed by atoms with Crippen molar-refractivity contribution in [1.82, 2.24) is 15.0 Å². The molecular weight excluding hydrogens is 659 g/mol. The van der Waals surface area contributed by atoms with Gasteiger partial charge in [-0.05, 0) is 51.0 Å². The maximum absolute atomic E-state index is 6.82. The number of aromatic nitrogens is 3. The molecule has 6 heteroatoms. The monoisotopic (exact) mass is 687 g/mol. The Hall–Kier alpha value is -5.95. The van der Waals surface area contributed by atoms with Crippen LogP contribution < -0.4 is 10.4 Å². The van der Waals surface area contributed by atoms with Gasteiger partial charge in [-0.2, -0.15) is 0 Å². The van der Waals surface area contributed by atoms with Crippen LogP contribution in [0.3, 0.4) is 0 Å². The molecule has 0 aliphatic carbocycles. The number of benzene rings is 7. The smallest absolute Gasteiger partial charge is 0.164 e. The number of furan rings is 1. The van der Waals surface area contributed by atoms with Crippen LogP contribution in [0.15, 0.2) is 144 Å². The van der Waals surface area contributed by atoms with E-state index in [9.17, 15) is 0 Å². The molecule has 0 saturated heterocycles. The molecule has 240 valence electrons. The number of fused-ring (bicyclic) bond motifs is 11. The molecule has 0 amide bonds. The molecule has 3 aromatic heterocycles. The minimum Gasteiger partial charge on any atom is -0.455 e. The average molecular weight is 688 g/mol. The van der Waals surface area contributed by atoms with Crippen molar-refractivity contribution < 1.29 is 4.42 Å². The Morgan fingerprint density at radius 3 is 2.08 bits per heavy atom. The van der Waals surface area contributed by atoms with E-state index in [1.54, 1.807) is 11.3 Å². The molecule has 0 atom stereocenters. The van der Waals surface area contributed by atoms with Gasteiger partial charge in [0.15, 0.2) is 17.5 Å². The van der Waals surface area contributed by atoms with Crippen molar-refractivity contribution in [2.45, 2.75) is 13.1 Å². The molecule has 0 fully saturated rings. The zero-order valence-electron chi connectivity index (χ0n) is 27.9. The summed E-state index contributed by atoms with van der Waals surface area (Å²) >= 11 is 1.81. The lowest BCUT2D eigenvalue weighted by molar-refractivity contribution is 0.670. The third-order valence-electron chi connectivity index (χ3n) is 10.7. The summed E-state index contributed by atoms with van der Waals surface area (Å²) < 4.78 is 9.32. The lowest BCUT2D eigenvalue weighted by Crippen LogP contribution is -2.49. The number of hydrogen-bond donors (Lipinski definition) is 0. The minimum atomic E-state index is -2.08. The van der Waals surface area contributed by atoms with Gasteiger partial charge in [0.1, 0.15) is 19.2 Å². The van der Waals surface area contributed by atoms with Gasteiger partial charge in [-0.3, -0.25) is 0 Å². The second-order valence-electron chi connectivity index (χ2n) is 14.0. The molecule has 1 aliphatic rings. The Kier molecular flexibility index (Phi) is 5.95. The Morgan fingerprint density at radius 2 is 1.18 bits per heavy atom. The standard InChI is InChI=1S/C45H29N3OSSi/c1-51(2)38-21-10-7-17-33(38)41-39(51)25-34(40-32-16-5-8-19-35(32)49-42(40)41)45-47-43(27-22-23-30-29-15-6-9-20-36(29)50-37(30)24-27)46-44(48-45)31-18-11-13-26-12-3-4-14-28(26)31/h3-25H,1-2H3. The van der Waals surface area contributed by atoms with Gasteiger partial charge in [-0.25, -0.2) is 15.0 Å². The molecular formula is C45H29N3OSSi. The van der Waals surface area contributed by atoms with E-state index in [2.05, 4.69) is 147 Å². The first-order chi connectivity index (χ1) is 25.0. The van der Waals surface area contributed by atoms with Crippen LogP contribution in [0.4, 0.5) is 0 Å². The predicted octanol–water partition coefficient (Wildman–Crippen LogP) is 11.1. The molecule has 51 heavy (non-hydrogen) atoms. The van der Waals surface area contributed by atoms with E-state index in [0.29, 0.717) is 17.5 Å². The molecule has 0 radical (unpaired) electrons. The number of hydrogen-bond acceptors (Lipinski definition) is 5. The normalized spacial score (nSPS) is 13.5. The van der Waals surface area contributed by atoms with Gasteiger partial charge < -0.3 is 4.42 Å². The van der Waals surface area contributed by atoms with Crippen molar-refractivity contribution in [3.63, 3.8) is 0 Å². The molecule has 0 bridgehead atoms. The first kappa shape index (κ1) is 28.8. The van der Waals surface area contributed by atoms with Crippen LogP contribution in [0, 0.1) is 0 Å². The Bertz CT molecular complexity index is 3080. The molecule has 0 saturated carbocycles. The van der Waals surface area contributed by atoms with Gasteiger partial charge in [0.25, 0.3) is 0 Å². The van der Waals surface area contributed by atoms with E-state index in [1.807, 2.05) is 6.07 Å². The zero-order chi connectivity index (χ0) is 33.8. The predicted molar refractivity (Wildman–Crippen MR) is 216 cm³/mol. The highest BCUT2D eigenvalue weighted by Gasteiger charge is 2.40. The summed E-state index contributed by atoms with van der Waals surface area (Å²) in [6.07, 6.45) is 0. The van der Waals surface area contributed by atoms with Crippen LogP contribution in [0.2, 0.25) is 13.1 Å². The summed E-state index contributed by atoms with van der Waals surface area (Å²) in [6.45, 7) is 4.88. The average Bonchev–Trinajstić information content (AvgIpc) is 3.82. The van der Waals surface area contributed by atoms with Crippen LogP contribution in [-0.2, 0) is 0 Å². The highest BCUT2D eigenvalue weighted by molar-refractivity contribution is 7.25. The molecule has 10 aromatic rings. The summed E-state index contributed by atoms with van der Waals surface area (Å²) in [5, 5.41) is 9.68. The minimum absolute atomic E-state index is 0.652. The van der Waals surface area contributed by atoms with Gasteiger partial charge >= 0.3 is 0 Å². The van der Waals surface area contributed by atoms with Crippen LogP contribution in [0.25, 0.3) is 98.2 Å². The fourth-order valence-corrected chi connectivity index (χ4v) is 12.5. The van der Waals surface area contributed by atoms with Gasteiger partial charge in [-0.15, -0.1) is 11.3 Å². The molecule has 1 aliphatic heterocycles. The largest absolute Gasteiger partial charge is 0.455 e. The number of thiophene rings is 1. The zero-order valence-corrected chi connectivity index (χ0v) is 29.8. The lowest BCUT2D eigenvalue weighted by atomic mass is 9.98. The molecule has 0 unspecified atom stereocenters. The summed E-state index contributed by atoms with van der Waals surface area (Å²) in [5.41, 5.74) is 7.21. The van der Waals surface area contributed by atoms with Gasteiger partial charge in [0.2, 0.25) is 0 Å². The van der Waals surface area contributed by atoms with E-state index in [4.69, 9.17) is 19.4 Å². The van der Waals surface area contributed by atoms with Crippen molar-refractivity contribution >= 4 is 82.7 Å². The summed E-state index contributed by atoms with van der Waals surface area (Å²) in [5.74, 6) is 1.97. The van der Waals surface area contributed by atoms with E-state index in [1.165, 1.54) is 41.7 Å². The number of nitrogens with zero attached hydrogens (tertiary/aromatic N) is 3. The SMILES string of the molecule is C[Si]1(C)c2ccccc2-c2c1cc(-c1nc(-c3ccc4c(c3)sc3ccccc34)nc(-c3cccc4ccccc34)n1)c1c2oc2ccccc21. The number of para-hydroxylation sites is 1. The van der Waals surface area contributed by atoms with Crippen molar-refractivity contribution in [3.8, 4) is 45.3 Å². The van der Waals surface area contributed by atoms with Crippen molar-refractivity contribution in [2.75, 3.05) is 0 Å². The summed E-state index contributed by atoms with van der Waals surface area (Å²) in [7, 11) is -2.08. The van der Waals surface area contributed by atoms with Crippen LogP contribution in [0.1, 0.15) is 0 Å². The lowest BCUT2D eigenvalue weighted by Gasteiger charge is -2.19. The van der Waals surface area contributed by atoms with Gasteiger partial charge in [0.05, 0.1) is 0 Å². The Labute approximate surface area is 298 Å². The van der Waals surface area contributed by atoms with Crippen molar-refractivity contribution in [2.24, 2.45) is 0 Å². The Morgan fingerprint density at radius 1 is 0.510 bits per heavy atom. The molecule has 11 rings (SSSR count). The molecule has 4 nitrogen and oxygen atoms in total. The molecule has 0 N–H and O–H groups in total. The van der Waals surface area contributed by atoms with Crippen molar-refractivity contribution in [3.05, 3.63) is 140 Å². The van der Waals surface area contributed by atoms with Gasteiger partial charge in [0, 0.05) is 53.2 Å². The maximum Gasteiger partial charge on any atom is 0.164 e. The van der Waals surface area contributed by atoms with Crippen molar-refractivity contribution in [1.29, 1.82) is 0 Å². The first-order valence-corrected chi connectivity index (χ1v) is 21.1. The second-order valence-corrected chi connectivity index (χ2v) is 19.4. The van der Waals surface area contributed by atoms with Crippen LogP contribution in [-0.4, -0.2) is 23.0 Å². The fraction of sp³-hybridized carbons (Fsp3) is 0.0444. The molecule has 7 aromatic carbocycles. The van der Waals surface area contributed by atoms with Crippen LogP contribution >= 0.6 is 11.3 Å². The molecule has 4 heterocycles. The van der Waals surface area contributed by atoms with E-state index in [-0.39, 0.29) is 0 Å². The van der Waals surface area contributed by atoms with Gasteiger partial charge in [-0.1, -0.05) is 128 Å². The number of rotatable bonds is 3. The second kappa shape index (κ2) is 10.5. The highest BCUT2D eigenvalue weighted by atomic mass is 32.1. The highest BCUT2D eigenvalue weighted by Crippen LogP contribution is 2.44. The maximum atomic E-state index is 6.82. The fourth-order valence-electron chi connectivity index (χ4n) is 8.26. The summed E-state index contributed by atoms with van der Waals surface area (Å²) in [4.78, 5) is 16.0.